The van der Waals surface area contributed by atoms with Crippen LogP contribution < -0.4 is 21.3 Å². The van der Waals surface area contributed by atoms with Gasteiger partial charge in [0.15, 0.2) is 0 Å². The van der Waals surface area contributed by atoms with Crippen molar-refractivity contribution in [3.05, 3.63) is 35.9 Å². The van der Waals surface area contributed by atoms with Crippen molar-refractivity contribution >= 4 is 29.7 Å². The van der Waals surface area contributed by atoms with E-state index in [1.807, 2.05) is 18.2 Å². The van der Waals surface area contributed by atoms with E-state index >= 15 is 0 Å². The molecule has 1 aromatic heterocycles. The van der Waals surface area contributed by atoms with Gasteiger partial charge in [-0.05, 0) is 37.8 Å². The minimum Gasteiger partial charge on any atom is -0.480 e. The molecule has 1 saturated carbocycles. The molecule has 1 aliphatic carbocycles. The number of aromatic nitrogens is 3. The summed E-state index contributed by atoms with van der Waals surface area (Å²) in [4.78, 5) is 36.3. The van der Waals surface area contributed by atoms with Gasteiger partial charge in [0, 0.05) is 25.2 Å². The van der Waals surface area contributed by atoms with E-state index in [0.717, 1.165) is 6.54 Å². The number of anilines is 3. The zero-order chi connectivity index (χ0) is 27.0. The van der Waals surface area contributed by atoms with Crippen LogP contribution in [0.3, 0.4) is 0 Å². The van der Waals surface area contributed by atoms with E-state index in [9.17, 15) is 14.7 Å². The van der Waals surface area contributed by atoms with Gasteiger partial charge in [0.25, 0.3) is 5.91 Å². The highest BCUT2D eigenvalue weighted by Crippen LogP contribution is 2.23. The zero-order valence-electron chi connectivity index (χ0n) is 21.9. The highest BCUT2D eigenvalue weighted by molar-refractivity contribution is 5.94. The minimum atomic E-state index is -0.995. The van der Waals surface area contributed by atoms with Crippen LogP contribution in [0.15, 0.2) is 30.3 Å². The monoisotopic (exact) mass is 529 g/mol. The largest absolute Gasteiger partial charge is 0.480 e. The number of aliphatic carboxylic acids is 1. The maximum Gasteiger partial charge on any atom is 0.325 e. The molecule has 1 fully saturated rings. The lowest BCUT2D eigenvalue weighted by Gasteiger charge is -2.22. The quantitative estimate of drug-likeness (QED) is 0.192. The van der Waals surface area contributed by atoms with Crippen molar-refractivity contribution in [1.29, 1.82) is 0 Å². The fraction of sp³-hybridized carbons (Fsp3) is 0.577. The molecule has 1 amide bonds. The molecular formula is C26H39N7O5. The standard InChI is InChI=1S/C26H39N7O5/c1-19(23(35)36)30-26-32-24(31-25(33-26)29-18-20-8-4-2-5-9-20)28-13-15-38-17-16-37-14-12-27-22(34)21-10-6-3-7-11-21/h3,6-7,10-11,19-20H,2,4-5,8-9,12-18H2,1H3,(H,27,34)(H,35,36)(H3,28,29,30,31,32,33)/t19-/m0/s1. The second-order valence-electron chi connectivity index (χ2n) is 9.17. The zero-order valence-corrected chi connectivity index (χ0v) is 21.9. The summed E-state index contributed by atoms with van der Waals surface area (Å²) in [6.45, 7) is 4.78. The molecule has 0 radical (unpaired) electrons. The molecule has 0 saturated heterocycles. The Bertz CT molecular complexity index is 989. The van der Waals surface area contributed by atoms with Crippen LogP contribution in [-0.4, -0.2) is 84.0 Å². The van der Waals surface area contributed by atoms with Gasteiger partial charge in [0.1, 0.15) is 6.04 Å². The Balaban J connectivity index is 1.33. The molecule has 1 aliphatic rings. The van der Waals surface area contributed by atoms with Crippen LogP contribution in [-0.2, 0) is 14.3 Å². The first-order valence-electron chi connectivity index (χ1n) is 13.2. The Morgan fingerprint density at radius 3 is 2.21 bits per heavy atom. The predicted molar refractivity (Wildman–Crippen MR) is 145 cm³/mol. The van der Waals surface area contributed by atoms with Crippen LogP contribution in [0.2, 0.25) is 0 Å². The van der Waals surface area contributed by atoms with Gasteiger partial charge in [-0.15, -0.1) is 0 Å². The fourth-order valence-corrected chi connectivity index (χ4v) is 3.97. The van der Waals surface area contributed by atoms with Gasteiger partial charge in [-0.2, -0.15) is 15.0 Å². The van der Waals surface area contributed by atoms with Crippen molar-refractivity contribution in [1.82, 2.24) is 20.3 Å². The average Bonchev–Trinajstić information content (AvgIpc) is 2.93. The summed E-state index contributed by atoms with van der Waals surface area (Å²) in [6, 6.07) is 8.19. The first-order chi connectivity index (χ1) is 18.5. The highest BCUT2D eigenvalue weighted by atomic mass is 16.5. The number of nitrogens with zero attached hydrogens (tertiary/aromatic N) is 3. The normalized spacial score (nSPS) is 14.4. The van der Waals surface area contributed by atoms with Crippen LogP contribution in [0.5, 0.6) is 0 Å². The summed E-state index contributed by atoms with van der Waals surface area (Å²) in [5.41, 5.74) is 0.618. The first-order valence-corrected chi connectivity index (χ1v) is 13.2. The van der Waals surface area contributed by atoms with E-state index < -0.39 is 12.0 Å². The van der Waals surface area contributed by atoms with Crippen LogP contribution in [0, 0.1) is 5.92 Å². The lowest BCUT2D eigenvalue weighted by Crippen LogP contribution is -2.27. The van der Waals surface area contributed by atoms with Crippen molar-refractivity contribution in [2.75, 3.05) is 62.0 Å². The Kier molecular flexibility index (Phi) is 12.5. The SMILES string of the molecule is C[C@H](Nc1nc(NCCOCCOCCNC(=O)c2ccccc2)nc(NCC2CCCCC2)n1)C(=O)O. The first kappa shape index (κ1) is 29.1. The molecule has 1 aromatic carbocycles. The van der Waals surface area contributed by atoms with Crippen molar-refractivity contribution < 1.29 is 24.2 Å². The fourth-order valence-electron chi connectivity index (χ4n) is 3.97. The van der Waals surface area contributed by atoms with Gasteiger partial charge in [0.2, 0.25) is 17.8 Å². The van der Waals surface area contributed by atoms with E-state index in [-0.39, 0.29) is 11.9 Å². The molecule has 0 spiro atoms. The maximum atomic E-state index is 12.0. The Morgan fingerprint density at radius 2 is 1.53 bits per heavy atom. The number of nitrogens with one attached hydrogen (secondary N) is 4. The third-order valence-electron chi connectivity index (χ3n) is 6.09. The molecule has 0 unspecified atom stereocenters. The molecule has 1 atom stereocenters. The number of amides is 1. The van der Waals surface area contributed by atoms with Crippen LogP contribution in [0.25, 0.3) is 0 Å². The van der Waals surface area contributed by atoms with Crippen molar-refractivity contribution in [3.63, 3.8) is 0 Å². The molecule has 12 nitrogen and oxygen atoms in total. The molecular weight excluding hydrogens is 490 g/mol. The lowest BCUT2D eigenvalue weighted by molar-refractivity contribution is -0.137. The Morgan fingerprint density at radius 1 is 0.895 bits per heavy atom. The van der Waals surface area contributed by atoms with E-state index in [2.05, 4.69) is 36.2 Å². The number of rotatable bonds is 17. The number of hydrogen-bond donors (Lipinski definition) is 5. The summed E-state index contributed by atoms with van der Waals surface area (Å²) in [6.07, 6.45) is 6.16. The molecule has 12 heteroatoms. The second kappa shape index (κ2) is 16.4. The second-order valence-corrected chi connectivity index (χ2v) is 9.17. The number of carbonyl (C=O) groups is 2. The molecule has 1 heterocycles. The predicted octanol–water partition coefficient (Wildman–Crippen LogP) is 2.62. The number of carboxylic acids is 1. The molecule has 0 bridgehead atoms. The van der Waals surface area contributed by atoms with E-state index in [1.54, 1.807) is 12.1 Å². The van der Waals surface area contributed by atoms with Crippen LogP contribution in [0.4, 0.5) is 17.8 Å². The number of ether oxygens (including phenoxy) is 2. The molecule has 38 heavy (non-hydrogen) atoms. The summed E-state index contributed by atoms with van der Waals surface area (Å²) < 4.78 is 11.1. The number of carbonyl (C=O) groups excluding carboxylic acids is 1. The van der Waals surface area contributed by atoms with Gasteiger partial charge in [-0.3, -0.25) is 9.59 Å². The van der Waals surface area contributed by atoms with Gasteiger partial charge in [-0.25, -0.2) is 0 Å². The minimum absolute atomic E-state index is 0.127. The summed E-state index contributed by atoms with van der Waals surface area (Å²) >= 11 is 0. The topological polar surface area (TPSA) is 160 Å². The number of carboxylic acid groups (broad SMARTS) is 1. The van der Waals surface area contributed by atoms with Crippen LogP contribution >= 0.6 is 0 Å². The van der Waals surface area contributed by atoms with Crippen molar-refractivity contribution in [2.45, 2.75) is 45.1 Å². The van der Waals surface area contributed by atoms with E-state index in [4.69, 9.17) is 9.47 Å². The highest BCUT2D eigenvalue weighted by Gasteiger charge is 2.16. The average molecular weight is 530 g/mol. The maximum absolute atomic E-state index is 12.0. The molecule has 3 rings (SSSR count). The van der Waals surface area contributed by atoms with Crippen molar-refractivity contribution in [3.8, 4) is 0 Å². The van der Waals surface area contributed by atoms with Crippen LogP contribution in [0.1, 0.15) is 49.4 Å². The van der Waals surface area contributed by atoms with Gasteiger partial charge < -0.3 is 35.8 Å². The third-order valence-corrected chi connectivity index (χ3v) is 6.09. The molecule has 2 aromatic rings. The molecule has 208 valence electrons. The summed E-state index contributed by atoms with van der Waals surface area (Å²) in [7, 11) is 0. The summed E-state index contributed by atoms with van der Waals surface area (Å²) in [5.74, 6) is 0.394. The van der Waals surface area contributed by atoms with Gasteiger partial charge in [-0.1, -0.05) is 37.5 Å². The smallest absolute Gasteiger partial charge is 0.325 e. The van der Waals surface area contributed by atoms with E-state index in [0.29, 0.717) is 62.9 Å². The van der Waals surface area contributed by atoms with Gasteiger partial charge >= 0.3 is 5.97 Å². The Hall–Kier alpha value is -3.51. The third kappa shape index (κ3) is 10.9. The van der Waals surface area contributed by atoms with Crippen molar-refractivity contribution in [2.24, 2.45) is 5.92 Å². The lowest BCUT2D eigenvalue weighted by atomic mass is 9.89. The molecule has 0 aliphatic heterocycles. The van der Waals surface area contributed by atoms with E-state index in [1.165, 1.54) is 39.0 Å². The van der Waals surface area contributed by atoms with Gasteiger partial charge in [0.05, 0.1) is 26.4 Å². The molecule has 5 N–H and O–H groups in total. The number of hydrogen-bond acceptors (Lipinski definition) is 10. The Labute approximate surface area is 223 Å². The summed E-state index contributed by atoms with van der Waals surface area (Å²) in [5, 5.41) is 21.2. The number of benzene rings is 1.